The number of methoxy groups -OCH3 is 1. The van der Waals surface area contributed by atoms with E-state index in [0.29, 0.717) is 23.4 Å². The number of hydrogen-bond acceptors (Lipinski definition) is 10. The van der Waals surface area contributed by atoms with E-state index in [0.717, 1.165) is 80.1 Å². The first-order chi connectivity index (χ1) is 17.8. The average molecular weight is 487 g/mol. The van der Waals surface area contributed by atoms with Crippen molar-refractivity contribution in [3.63, 3.8) is 0 Å². The molecule has 6 rings (SSSR count). The van der Waals surface area contributed by atoms with Crippen LogP contribution >= 0.6 is 0 Å². The van der Waals surface area contributed by atoms with Crippen LogP contribution in [0, 0.1) is 0 Å². The van der Waals surface area contributed by atoms with Crippen molar-refractivity contribution in [1.29, 1.82) is 0 Å². The molecule has 36 heavy (non-hydrogen) atoms. The van der Waals surface area contributed by atoms with Crippen molar-refractivity contribution in [1.82, 2.24) is 40.3 Å². The van der Waals surface area contributed by atoms with Crippen LogP contribution in [0.5, 0.6) is 5.75 Å². The predicted octanol–water partition coefficient (Wildman–Crippen LogP) is 2.37. The summed E-state index contributed by atoms with van der Waals surface area (Å²) < 4.78 is 7.67. The molecule has 0 unspecified atom stereocenters. The highest BCUT2D eigenvalue weighted by atomic mass is 16.5. The topological polar surface area (TPSA) is 118 Å². The van der Waals surface area contributed by atoms with Crippen molar-refractivity contribution in [2.45, 2.75) is 18.9 Å². The van der Waals surface area contributed by atoms with Gasteiger partial charge in [0.25, 0.3) is 0 Å². The standard InChI is InChI=1S/C25H30N10O/c1-36-21-15-28-14-20-23(21)25(34-10-8-27-9-11-34)33-24(32-20)17-2-7-29-22(12-17)31-18-13-30-35(16-18)19-3-5-26-6-4-19/h2,7,12-16,19,26-27H,3-6,8-11H2,1H3,(H,29,31). The van der Waals surface area contributed by atoms with E-state index in [4.69, 9.17) is 14.7 Å². The maximum atomic E-state index is 5.62. The average Bonchev–Trinajstić information content (AvgIpc) is 3.41. The Balaban J connectivity index is 1.32. The van der Waals surface area contributed by atoms with Crippen LogP contribution in [-0.4, -0.2) is 76.1 Å². The van der Waals surface area contributed by atoms with E-state index in [1.807, 2.05) is 18.3 Å². The Morgan fingerprint density at radius 2 is 1.86 bits per heavy atom. The first-order valence-electron chi connectivity index (χ1n) is 12.4. The van der Waals surface area contributed by atoms with Gasteiger partial charge >= 0.3 is 0 Å². The van der Waals surface area contributed by atoms with E-state index in [-0.39, 0.29) is 0 Å². The molecule has 0 aromatic carbocycles. The van der Waals surface area contributed by atoms with Gasteiger partial charge < -0.3 is 25.6 Å². The fourth-order valence-electron chi connectivity index (χ4n) is 4.88. The Morgan fingerprint density at radius 3 is 2.69 bits per heavy atom. The van der Waals surface area contributed by atoms with E-state index in [9.17, 15) is 0 Å². The molecule has 0 bridgehead atoms. The molecule has 0 saturated carbocycles. The molecule has 2 fully saturated rings. The molecule has 0 radical (unpaired) electrons. The quantitative estimate of drug-likeness (QED) is 0.375. The molecule has 0 spiro atoms. The summed E-state index contributed by atoms with van der Waals surface area (Å²) in [6.07, 6.45) is 11.3. The Bertz CT molecular complexity index is 1340. The number of ether oxygens (including phenoxy) is 1. The van der Waals surface area contributed by atoms with Crippen LogP contribution in [-0.2, 0) is 0 Å². The molecule has 4 aromatic rings. The summed E-state index contributed by atoms with van der Waals surface area (Å²) in [5.41, 5.74) is 2.54. The molecule has 2 aliphatic rings. The number of piperazine rings is 1. The second-order valence-corrected chi connectivity index (χ2v) is 9.09. The Labute approximate surface area is 209 Å². The number of pyridine rings is 2. The molecule has 2 saturated heterocycles. The summed E-state index contributed by atoms with van der Waals surface area (Å²) in [6.45, 7) is 5.59. The fraction of sp³-hybridized carbons (Fsp3) is 0.400. The maximum absolute atomic E-state index is 5.62. The zero-order valence-corrected chi connectivity index (χ0v) is 20.3. The lowest BCUT2D eigenvalue weighted by Crippen LogP contribution is -2.44. The lowest BCUT2D eigenvalue weighted by molar-refractivity contribution is 0.343. The second-order valence-electron chi connectivity index (χ2n) is 9.09. The highest BCUT2D eigenvalue weighted by Gasteiger charge is 2.21. The SMILES string of the molecule is COc1cncc2nc(-c3ccnc(Nc4cnn(C5CCNCC5)c4)c3)nc(N3CCNCC3)c12. The minimum Gasteiger partial charge on any atom is -0.494 e. The van der Waals surface area contributed by atoms with E-state index < -0.39 is 0 Å². The number of piperidine rings is 1. The first-order valence-corrected chi connectivity index (χ1v) is 12.4. The smallest absolute Gasteiger partial charge is 0.162 e. The molecular formula is C25H30N10O. The third kappa shape index (κ3) is 4.54. The Morgan fingerprint density at radius 1 is 1.03 bits per heavy atom. The van der Waals surface area contributed by atoms with E-state index >= 15 is 0 Å². The van der Waals surface area contributed by atoms with Crippen LogP contribution in [0.1, 0.15) is 18.9 Å². The van der Waals surface area contributed by atoms with Crippen molar-refractivity contribution in [3.8, 4) is 17.1 Å². The number of fused-ring (bicyclic) bond motifs is 1. The maximum Gasteiger partial charge on any atom is 0.162 e. The van der Waals surface area contributed by atoms with Crippen molar-refractivity contribution in [2.75, 3.05) is 56.6 Å². The molecule has 11 heteroatoms. The van der Waals surface area contributed by atoms with Gasteiger partial charge in [0.1, 0.15) is 17.4 Å². The number of nitrogens with zero attached hydrogens (tertiary/aromatic N) is 7. The summed E-state index contributed by atoms with van der Waals surface area (Å²) in [5.74, 6) is 2.89. The lowest BCUT2D eigenvalue weighted by atomic mass is 10.1. The van der Waals surface area contributed by atoms with Gasteiger partial charge in [-0.2, -0.15) is 5.10 Å². The lowest BCUT2D eigenvalue weighted by Gasteiger charge is -2.29. The zero-order valence-electron chi connectivity index (χ0n) is 20.3. The van der Waals surface area contributed by atoms with Crippen LogP contribution in [0.2, 0.25) is 0 Å². The molecule has 0 aliphatic carbocycles. The minimum absolute atomic E-state index is 0.432. The van der Waals surface area contributed by atoms with Crippen molar-refractivity contribution in [3.05, 3.63) is 43.1 Å². The van der Waals surface area contributed by atoms with Gasteiger partial charge in [-0.25, -0.2) is 15.0 Å². The molecular weight excluding hydrogens is 456 g/mol. The first kappa shape index (κ1) is 22.6. The summed E-state index contributed by atoms with van der Waals surface area (Å²) in [4.78, 5) is 21.0. The molecule has 0 amide bonds. The van der Waals surface area contributed by atoms with E-state index in [1.165, 1.54) is 0 Å². The third-order valence-electron chi connectivity index (χ3n) is 6.76. The molecule has 6 heterocycles. The van der Waals surface area contributed by atoms with Crippen LogP contribution < -0.4 is 25.6 Å². The number of nitrogens with one attached hydrogen (secondary N) is 3. The van der Waals surface area contributed by atoms with Crippen molar-refractivity contribution < 1.29 is 4.74 Å². The fourth-order valence-corrected chi connectivity index (χ4v) is 4.88. The van der Waals surface area contributed by atoms with E-state index in [1.54, 1.807) is 25.7 Å². The monoisotopic (exact) mass is 486 g/mol. The Hall–Kier alpha value is -3.83. The zero-order chi connectivity index (χ0) is 24.3. The third-order valence-corrected chi connectivity index (χ3v) is 6.76. The molecule has 3 N–H and O–H groups in total. The minimum atomic E-state index is 0.432. The predicted molar refractivity (Wildman–Crippen MR) is 139 cm³/mol. The molecule has 0 atom stereocenters. The van der Waals surface area contributed by atoms with Gasteiger partial charge in [0.15, 0.2) is 5.82 Å². The van der Waals surface area contributed by atoms with Crippen LogP contribution in [0.25, 0.3) is 22.3 Å². The van der Waals surface area contributed by atoms with Gasteiger partial charge in [0, 0.05) is 44.1 Å². The molecule has 2 aliphatic heterocycles. The van der Waals surface area contributed by atoms with Gasteiger partial charge in [-0.15, -0.1) is 0 Å². The van der Waals surface area contributed by atoms with Crippen molar-refractivity contribution in [2.24, 2.45) is 0 Å². The number of rotatable bonds is 6. The van der Waals surface area contributed by atoms with Crippen LogP contribution in [0.4, 0.5) is 17.3 Å². The summed E-state index contributed by atoms with van der Waals surface area (Å²) in [5, 5.41) is 15.7. The van der Waals surface area contributed by atoms with E-state index in [2.05, 4.69) is 46.8 Å². The largest absolute Gasteiger partial charge is 0.494 e. The van der Waals surface area contributed by atoms with Crippen LogP contribution in [0.15, 0.2) is 43.1 Å². The Kier molecular flexibility index (Phi) is 6.31. The highest BCUT2D eigenvalue weighted by molar-refractivity contribution is 5.95. The van der Waals surface area contributed by atoms with Crippen molar-refractivity contribution >= 4 is 28.2 Å². The van der Waals surface area contributed by atoms with Gasteiger partial charge in [0.05, 0.1) is 48.3 Å². The summed E-state index contributed by atoms with van der Waals surface area (Å²) >= 11 is 0. The highest BCUT2D eigenvalue weighted by Crippen LogP contribution is 2.34. The molecule has 11 nitrogen and oxygen atoms in total. The number of hydrogen-bond donors (Lipinski definition) is 3. The summed E-state index contributed by atoms with van der Waals surface area (Å²) in [6, 6.07) is 4.33. The van der Waals surface area contributed by atoms with Gasteiger partial charge in [-0.05, 0) is 38.1 Å². The number of anilines is 3. The van der Waals surface area contributed by atoms with Crippen LogP contribution in [0.3, 0.4) is 0 Å². The summed E-state index contributed by atoms with van der Waals surface area (Å²) in [7, 11) is 1.65. The molecule has 4 aromatic heterocycles. The van der Waals surface area contributed by atoms with Gasteiger partial charge in [-0.1, -0.05) is 0 Å². The molecule has 186 valence electrons. The number of aromatic nitrogens is 6. The van der Waals surface area contributed by atoms with Gasteiger partial charge in [0.2, 0.25) is 0 Å². The van der Waals surface area contributed by atoms with Gasteiger partial charge in [-0.3, -0.25) is 9.67 Å². The second kappa shape index (κ2) is 10.0. The normalized spacial score (nSPS) is 16.9.